The topological polar surface area (TPSA) is 159 Å². The molecule has 9 nitrogen and oxygen atoms in total. The minimum Gasteiger partial charge on any atom is -0.481 e. The quantitative estimate of drug-likeness (QED) is 0.329. The number of hydrogen-bond acceptors (Lipinski definition) is 5. The van der Waals surface area contributed by atoms with E-state index in [1.165, 1.54) is 19.3 Å². The van der Waals surface area contributed by atoms with Gasteiger partial charge in [0, 0.05) is 19.4 Å². The lowest BCUT2D eigenvalue weighted by atomic mass is 9.49. The van der Waals surface area contributed by atoms with Gasteiger partial charge in [0.15, 0.2) is 0 Å². The van der Waals surface area contributed by atoms with Crippen LogP contribution >= 0.6 is 0 Å². The van der Waals surface area contributed by atoms with E-state index in [1.54, 1.807) is 0 Å². The number of aliphatic carboxylic acids is 2. The molecule has 9 heteroatoms. The number of carbonyl (C=O) groups is 4. The predicted molar refractivity (Wildman–Crippen MR) is 107 cm³/mol. The van der Waals surface area contributed by atoms with Crippen molar-refractivity contribution in [2.45, 2.75) is 76.3 Å². The van der Waals surface area contributed by atoms with Crippen LogP contribution in [0.2, 0.25) is 0 Å². The summed E-state index contributed by atoms with van der Waals surface area (Å²) in [6.45, 7) is 0.555. The van der Waals surface area contributed by atoms with Crippen LogP contribution in [0.25, 0.3) is 0 Å². The summed E-state index contributed by atoms with van der Waals surface area (Å²) in [7, 11) is 0. The molecule has 0 unspecified atom stereocenters. The Bertz CT molecular complexity index is 659. The van der Waals surface area contributed by atoms with Crippen molar-refractivity contribution in [2.24, 2.45) is 28.9 Å². The Kier molecular flexibility index (Phi) is 7.00. The Labute approximate surface area is 176 Å². The van der Waals surface area contributed by atoms with Gasteiger partial charge in [-0.25, -0.2) is 0 Å². The summed E-state index contributed by atoms with van der Waals surface area (Å²) in [5, 5.41) is 23.2. The van der Waals surface area contributed by atoms with E-state index in [0.29, 0.717) is 6.54 Å². The summed E-state index contributed by atoms with van der Waals surface area (Å²) >= 11 is 0. The zero-order valence-corrected chi connectivity index (χ0v) is 17.3. The molecule has 0 spiro atoms. The Balaban J connectivity index is 1.56. The first-order valence-electron chi connectivity index (χ1n) is 10.9. The van der Waals surface area contributed by atoms with Crippen LogP contribution in [0.1, 0.15) is 64.2 Å². The lowest BCUT2D eigenvalue weighted by molar-refractivity contribution is -0.139. The number of amides is 2. The fourth-order valence-corrected chi connectivity index (χ4v) is 6.13. The van der Waals surface area contributed by atoms with Crippen LogP contribution in [0.3, 0.4) is 0 Å². The van der Waals surface area contributed by atoms with Gasteiger partial charge in [-0.15, -0.1) is 0 Å². The fraction of sp³-hybridized carbons (Fsp3) is 0.810. The number of rotatable bonds is 11. The average molecular weight is 424 g/mol. The average Bonchev–Trinajstić information content (AvgIpc) is 2.66. The summed E-state index contributed by atoms with van der Waals surface area (Å²) < 4.78 is 0. The van der Waals surface area contributed by atoms with E-state index in [2.05, 4.69) is 10.6 Å². The molecule has 2 amide bonds. The van der Waals surface area contributed by atoms with E-state index in [1.807, 2.05) is 0 Å². The Morgan fingerprint density at radius 2 is 1.37 bits per heavy atom. The molecule has 168 valence electrons. The normalized spacial score (nSPS) is 31.0. The molecule has 0 saturated heterocycles. The third-order valence-corrected chi connectivity index (χ3v) is 7.09. The number of carboxylic acids is 2. The highest BCUT2D eigenvalue weighted by molar-refractivity contribution is 5.90. The van der Waals surface area contributed by atoms with Gasteiger partial charge in [0.2, 0.25) is 11.8 Å². The highest BCUT2D eigenvalue weighted by Gasteiger charge is 2.50. The van der Waals surface area contributed by atoms with Gasteiger partial charge in [0.1, 0.15) is 6.04 Å². The molecule has 0 aromatic rings. The van der Waals surface area contributed by atoms with Crippen molar-refractivity contribution in [1.82, 2.24) is 10.6 Å². The number of nitrogens with one attached hydrogen (secondary N) is 2. The van der Waals surface area contributed by atoms with Crippen LogP contribution in [0.5, 0.6) is 0 Å². The smallest absolute Gasteiger partial charge is 0.303 e. The van der Waals surface area contributed by atoms with Crippen LogP contribution in [0, 0.1) is 23.2 Å². The van der Waals surface area contributed by atoms with Gasteiger partial charge in [-0.3, -0.25) is 19.2 Å². The Morgan fingerprint density at radius 1 is 0.867 bits per heavy atom. The molecule has 4 fully saturated rings. The van der Waals surface area contributed by atoms with Crippen molar-refractivity contribution in [3.8, 4) is 0 Å². The second kappa shape index (κ2) is 9.32. The molecule has 4 aliphatic rings. The van der Waals surface area contributed by atoms with E-state index < -0.39 is 35.8 Å². The molecule has 4 aliphatic carbocycles. The van der Waals surface area contributed by atoms with Gasteiger partial charge in [0.25, 0.3) is 0 Å². The highest BCUT2D eigenvalue weighted by Crippen LogP contribution is 2.59. The van der Waals surface area contributed by atoms with Crippen molar-refractivity contribution in [3.63, 3.8) is 0 Å². The van der Waals surface area contributed by atoms with Gasteiger partial charge in [0.05, 0.1) is 6.04 Å². The maximum absolute atomic E-state index is 12.8. The molecule has 0 heterocycles. The highest BCUT2D eigenvalue weighted by atomic mass is 16.4. The second-order valence-electron chi connectivity index (χ2n) is 9.67. The molecule has 0 radical (unpaired) electrons. The van der Waals surface area contributed by atoms with E-state index in [4.69, 9.17) is 15.9 Å². The van der Waals surface area contributed by atoms with Gasteiger partial charge in [-0.05, 0) is 74.5 Å². The second-order valence-corrected chi connectivity index (χ2v) is 9.67. The maximum Gasteiger partial charge on any atom is 0.303 e. The van der Waals surface area contributed by atoms with Crippen LogP contribution in [-0.2, 0) is 19.2 Å². The van der Waals surface area contributed by atoms with Crippen molar-refractivity contribution >= 4 is 23.8 Å². The Morgan fingerprint density at radius 3 is 1.87 bits per heavy atom. The molecule has 4 rings (SSSR count). The summed E-state index contributed by atoms with van der Waals surface area (Å²) in [6.07, 6.45) is 6.69. The molecular weight excluding hydrogens is 390 g/mol. The third-order valence-electron chi connectivity index (χ3n) is 7.09. The van der Waals surface area contributed by atoms with Crippen molar-refractivity contribution < 1.29 is 29.4 Å². The SMILES string of the molecule is N[C@@H](CCC(=O)O)C(=O)N[C@@H](CCC(=O)O)C(=O)NCC12CC3CC(CC(C3)C1)C2. The number of hydrogen-bond donors (Lipinski definition) is 5. The first-order chi connectivity index (χ1) is 14.2. The van der Waals surface area contributed by atoms with Crippen LogP contribution in [0.4, 0.5) is 0 Å². The molecule has 4 bridgehead atoms. The maximum atomic E-state index is 12.8. The van der Waals surface area contributed by atoms with Crippen LogP contribution in [0.15, 0.2) is 0 Å². The number of carboxylic acid groups (broad SMARTS) is 2. The third kappa shape index (κ3) is 5.71. The number of nitrogens with two attached hydrogens (primary N) is 1. The monoisotopic (exact) mass is 423 g/mol. The minimum absolute atomic E-state index is 0.0422. The van der Waals surface area contributed by atoms with E-state index >= 15 is 0 Å². The zero-order valence-electron chi connectivity index (χ0n) is 17.3. The van der Waals surface area contributed by atoms with Crippen LogP contribution in [-0.4, -0.2) is 52.6 Å². The van der Waals surface area contributed by atoms with Crippen molar-refractivity contribution in [1.29, 1.82) is 0 Å². The molecule has 0 aromatic heterocycles. The van der Waals surface area contributed by atoms with Gasteiger partial charge in [-0.1, -0.05) is 0 Å². The lowest BCUT2D eigenvalue weighted by Gasteiger charge is -2.57. The standard InChI is InChI=1S/C21H33N3O6/c22-15(1-3-17(25)26)19(29)24-16(2-4-18(27)28)20(30)23-11-21-8-12-5-13(9-21)7-14(6-12)10-21/h12-16H,1-11,22H2,(H,23,30)(H,24,29)(H,25,26)(H,27,28)/t12?,13?,14?,15-,16-,21?/m0/s1. The first-order valence-corrected chi connectivity index (χ1v) is 10.9. The lowest BCUT2D eigenvalue weighted by Crippen LogP contribution is -2.55. The molecule has 0 aliphatic heterocycles. The largest absolute Gasteiger partial charge is 0.481 e. The van der Waals surface area contributed by atoms with Gasteiger partial charge >= 0.3 is 11.9 Å². The summed E-state index contributed by atoms with van der Waals surface area (Å²) in [5.74, 6) is -0.900. The molecule has 6 N–H and O–H groups in total. The summed E-state index contributed by atoms with van der Waals surface area (Å²) in [6, 6.07) is -2.07. The van der Waals surface area contributed by atoms with E-state index in [-0.39, 0.29) is 31.1 Å². The van der Waals surface area contributed by atoms with Crippen LogP contribution < -0.4 is 16.4 Å². The zero-order chi connectivity index (χ0) is 21.9. The van der Waals surface area contributed by atoms with Gasteiger partial charge in [-0.2, -0.15) is 0 Å². The predicted octanol–water partition coefficient (Wildman–Crippen LogP) is 0.861. The molecular formula is C21H33N3O6. The van der Waals surface area contributed by atoms with E-state index in [0.717, 1.165) is 37.0 Å². The molecule has 30 heavy (non-hydrogen) atoms. The van der Waals surface area contributed by atoms with Crippen molar-refractivity contribution in [2.75, 3.05) is 6.54 Å². The molecule has 0 aromatic carbocycles. The minimum atomic E-state index is -1.07. The van der Waals surface area contributed by atoms with Gasteiger partial charge < -0.3 is 26.6 Å². The van der Waals surface area contributed by atoms with Crippen molar-refractivity contribution in [3.05, 3.63) is 0 Å². The Hall–Kier alpha value is -2.16. The molecule has 4 saturated carbocycles. The fourth-order valence-electron chi connectivity index (χ4n) is 6.13. The summed E-state index contributed by atoms with van der Waals surface area (Å²) in [4.78, 5) is 46.7. The van der Waals surface area contributed by atoms with E-state index in [9.17, 15) is 19.2 Å². The summed E-state index contributed by atoms with van der Waals surface area (Å²) in [5.41, 5.74) is 5.85. The number of carbonyl (C=O) groups excluding carboxylic acids is 2. The molecule has 2 atom stereocenters. The first kappa shape index (κ1) is 22.5.